The number of carbonyl (C=O) groups excluding carboxylic acids is 1. The molecule has 1 N–H and O–H groups in total. The molecule has 0 atom stereocenters. The van der Waals surface area contributed by atoms with E-state index in [2.05, 4.69) is 5.32 Å². The molecule has 3 rings (SSSR count). The van der Waals surface area contributed by atoms with E-state index < -0.39 is 22.5 Å². The number of ether oxygens (including phenoxy) is 3. The summed E-state index contributed by atoms with van der Waals surface area (Å²) in [7, 11) is 0.361. The van der Waals surface area contributed by atoms with Gasteiger partial charge in [-0.25, -0.2) is 8.42 Å². The normalized spacial score (nSPS) is 10.9. The van der Waals surface area contributed by atoms with Crippen LogP contribution in [0, 0.1) is 6.92 Å². The second kappa shape index (κ2) is 10.3. The van der Waals surface area contributed by atoms with Crippen LogP contribution in [-0.2, 0) is 14.8 Å². The quantitative estimate of drug-likeness (QED) is 0.511. The summed E-state index contributed by atoms with van der Waals surface area (Å²) in [5.41, 5.74) is 1.46. The van der Waals surface area contributed by atoms with Gasteiger partial charge in [0, 0.05) is 6.07 Å². The van der Waals surface area contributed by atoms with Gasteiger partial charge in [-0.05, 0) is 48.9 Å². The summed E-state index contributed by atoms with van der Waals surface area (Å²) >= 11 is 0. The molecule has 0 heterocycles. The van der Waals surface area contributed by atoms with Crippen LogP contribution >= 0.6 is 0 Å². The number of nitrogens with zero attached hydrogens (tertiary/aromatic N) is 1. The predicted octanol–water partition coefficient (Wildman–Crippen LogP) is 3.85. The average Bonchev–Trinajstić information content (AvgIpc) is 2.83. The van der Waals surface area contributed by atoms with E-state index in [1.807, 2.05) is 6.92 Å². The Balaban J connectivity index is 2.01. The van der Waals surface area contributed by atoms with Gasteiger partial charge < -0.3 is 19.5 Å². The van der Waals surface area contributed by atoms with Gasteiger partial charge in [0.25, 0.3) is 10.0 Å². The van der Waals surface area contributed by atoms with Gasteiger partial charge in [-0.15, -0.1) is 0 Å². The van der Waals surface area contributed by atoms with Crippen LogP contribution in [0.5, 0.6) is 17.2 Å². The van der Waals surface area contributed by atoms with Gasteiger partial charge in [0.2, 0.25) is 5.91 Å². The Morgan fingerprint density at radius 2 is 1.58 bits per heavy atom. The molecule has 0 radical (unpaired) electrons. The zero-order valence-electron chi connectivity index (χ0n) is 18.9. The number of carbonyl (C=O) groups is 1. The Kier molecular flexibility index (Phi) is 7.44. The van der Waals surface area contributed by atoms with Crippen LogP contribution in [-0.4, -0.2) is 42.2 Å². The summed E-state index contributed by atoms with van der Waals surface area (Å²) in [6, 6.07) is 18.0. The summed E-state index contributed by atoms with van der Waals surface area (Å²) in [6.07, 6.45) is 0. The number of benzene rings is 3. The molecule has 0 fully saturated rings. The van der Waals surface area contributed by atoms with Crippen molar-refractivity contribution < 1.29 is 27.4 Å². The molecule has 0 saturated carbocycles. The first-order chi connectivity index (χ1) is 15.8. The maximum absolute atomic E-state index is 13.6. The van der Waals surface area contributed by atoms with E-state index in [1.165, 1.54) is 33.5 Å². The molecule has 3 aromatic rings. The summed E-state index contributed by atoms with van der Waals surface area (Å²) in [4.78, 5) is 13.1. The Hall–Kier alpha value is -3.72. The number of anilines is 2. The molecule has 0 bridgehead atoms. The van der Waals surface area contributed by atoms with Crippen molar-refractivity contribution >= 4 is 27.3 Å². The third-order valence-electron chi connectivity index (χ3n) is 4.90. The van der Waals surface area contributed by atoms with Gasteiger partial charge in [0.15, 0.2) is 0 Å². The smallest absolute Gasteiger partial charge is 0.264 e. The Morgan fingerprint density at radius 3 is 2.21 bits per heavy atom. The van der Waals surface area contributed by atoms with Crippen LogP contribution in [0.3, 0.4) is 0 Å². The number of hydrogen-bond acceptors (Lipinski definition) is 6. The molecule has 174 valence electrons. The fraction of sp³-hybridized carbons (Fsp3) is 0.208. The number of aryl methyl sites for hydroxylation is 1. The lowest BCUT2D eigenvalue weighted by Gasteiger charge is -2.26. The van der Waals surface area contributed by atoms with Gasteiger partial charge >= 0.3 is 0 Å². The second-order valence-corrected chi connectivity index (χ2v) is 8.98. The van der Waals surface area contributed by atoms with E-state index in [1.54, 1.807) is 54.6 Å². The molecule has 9 heteroatoms. The van der Waals surface area contributed by atoms with Crippen LogP contribution in [0.1, 0.15) is 5.56 Å². The third-order valence-corrected chi connectivity index (χ3v) is 6.68. The predicted molar refractivity (Wildman–Crippen MR) is 127 cm³/mol. The Bertz CT molecular complexity index is 1230. The molecule has 0 aromatic heterocycles. The molecular formula is C24H26N2O6S. The zero-order valence-corrected chi connectivity index (χ0v) is 19.7. The lowest BCUT2D eigenvalue weighted by molar-refractivity contribution is -0.114. The lowest BCUT2D eigenvalue weighted by atomic mass is 10.2. The van der Waals surface area contributed by atoms with Crippen LogP contribution < -0.4 is 23.8 Å². The molecule has 33 heavy (non-hydrogen) atoms. The number of sulfonamides is 1. The first-order valence-corrected chi connectivity index (χ1v) is 11.5. The first-order valence-electron chi connectivity index (χ1n) is 10.0. The van der Waals surface area contributed by atoms with Crippen LogP contribution in [0.2, 0.25) is 0 Å². The van der Waals surface area contributed by atoms with Gasteiger partial charge in [-0.2, -0.15) is 0 Å². The van der Waals surface area contributed by atoms with Crippen molar-refractivity contribution in [1.82, 2.24) is 0 Å². The maximum atomic E-state index is 13.6. The van der Waals surface area contributed by atoms with Gasteiger partial charge in [-0.1, -0.05) is 24.3 Å². The highest BCUT2D eigenvalue weighted by Gasteiger charge is 2.29. The third kappa shape index (κ3) is 5.38. The number of hydrogen-bond donors (Lipinski definition) is 1. The van der Waals surface area contributed by atoms with E-state index in [0.29, 0.717) is 22.9 Å². The first kappa shape index (κ1) is 23.9. The fourth-order valence-electron chi connectivity index (χ4n) is 3.24. The summed E-state index contributed by atoms with van der Waals surface area (Å²) in [5, 5.41) is 2.72. The van der Waals surface area contributed by atoms with Crippen molar-refractivity contribution in [2.75, 3.05) is 37.5 Å². The van der Waals surface area contributed by atoms with Crippen molar-refractivity contribution in [3.8, 4) is 17.2 Å². The number of nitrogens with one attached hydrogen (secondary N) is 1. The van der Waals surface area contributed by atoms with E-state index in [-0.39, 0.29) is 10.6 Å². The number of rotatable bonds is 9. The largest absolute Gasteiger partial charge is 0.497 e. The van der Waals surface area contributed by atoms with Crippen molar-refractivity contribution in [2.24, 2.45) is 0 Å². The van der Waals surface area contributed by atoms with Crippen LogP contribution in [0.15, 0.2) is 71.6 Å². The molecule has 0 aliphatic carbocycles. The molecule has 1 amide bonds. The van der Waals surface area contributed by atoms with E-state index in [0.717, 1.165) is 9.87 Å². The Morgan fingerprint density at radius 1 is 0.879 bits per heavy atom. The van der Waals surface area contributed by atoms with E-state index >= 15 is 0 Å². The fourth-order valence-corrected chi connectivity index (χ4v) is 4.68. The van der Waals surface area contributed by atoms with Gasteiger partial charge in [-0.3, -0.25) is 9.10 Å². The van der Waals surface area contributed by atoms with Crippen molar-refractivity contribution in [1.29, 1.82) is 0 Å². The van der Waals surface area contributed by atoms with Gasteiger partial charge in [0.1, 0.15) is 23.8 Å². The monoisotopic (exact) mass is 470 g/mol. The highest BCUT2D eigenvalue weighted by atomic mass is 32.2. The average molecular weight is 471 g/mol. The summed E-state index contributed by atoms with van der Waals surface area (Å²) in [5.74, 6) is 0.715. The molecule has 0 spiro atoms. The van der Waals surface area contributed by atoms with Crippen molar-refractivity contribution in [2.45, 2.75) is 11.8 Å². The van der Waals surface area contributed by atoms with Crippen molar-refractivity contribution in [3.63, 3.8) is 0 Å². The maximum Gasteiger partial charge on any atom is 0.264 e. The molecule has 0 aliphatic rings. The molecular weight excluding hydrogens is 444 g/mol. The Labute approximate surface area is 193 Å². The van der Waals surface area contributed by atoms with Gasteiger partial charge in [0.05, 0.1) is 37.6 Å². The highest BCUT2D eigenvalue weighted by molar-refractivity contribution is 7.92. The summed E-state index contributed by atoms with van der Waals surface area (Å²) < 4.78 is 44.1. The minimum atomic E-state index is -4.08. The van der Waals surface area contributed by atoms with Crippen LogP contribution in [0.25, 0.3) is 0 Å². The molecule has 0 saturated heterocycles. The second-order valence-electron chi connectivity index (χ2n) is 7.11. The minimum Gasteiger partial charge on any atom is -0.497 e. The minimum absolute atomic E-state index is 0.0587. The van der Waals surface area contributed by atoms with Crippen molar-refractivity contribution in [3.05, 3.63) is 72.3 Å². The molecule has 0 aliphatic heterocycles. The topological polar surface area (TPSA) is 94.2 Å². The SMILES string of the molecule is COc1ccc(NC(=O)CN(c2cc(C)ccc2OC)S(=O)(=O)c2ccccc2)c(OC)c1. The summed E-state index contributed by atoms with van der Waals surface area (Å²) in [6.45, 7) is 1.35. The zero-order chi connectivity index (χ0) is 24.0. The van der Waals surface area contributed by atoms with Crippen LogP contribution in [0.4, 0.5) is 11.4 Å². The number of amides is 1. The standard InChI is InChI=1S/C24H26N2O6S/c1-17-10-13-22(31-3)21(14-17)26(33(28,29)19-8-6-5-7-9-19)16-24(27)25-20-12-11-18(30-2)15-23(20)32-4/h5-15H,16H2,1-4H3,(H,25,27). The molecule has 3 aromatic carbocycles. The number of methoxy groups -OCH3 is 3. The van der Waals surface area contributed by atoms with E-state index in [9.17, 15) is 13.2 Å². The molecule has 0 unspecified atom stereocenters. The lowest BCUT2D eigenvalue weighted by Crippen LogP contribution is -2.38. The highest BCUT2D eigenvalue weighted by Crippen LogP contribution is 2.34. The van der Waals surface area contributed by atoms with E-state index in [4.69, 9.17) is 14.2 Å². The molecule has 8 nitrogen and oxygen atoms in total.